The predicted octanol–water partition coefficient (Wildman–Crippen LogP) is 4.03. The first kappa shape index (κ1) is 22.9. The molecule has 1 heterocycles. The van der Waals surface area contributed by atoms with Crippen molar-refractivity contribution in [1.29, 1.82) is 0 Å². The van der Waals surface area contributed by atoms with Crippen molar-refractivity contribution in [3.63, 3.8) is 0 Å². The van der Waals surface area contributed by atoms with Gasteiger partial charge in [-0.1, -0.05) is 48.7 Å². The average Bonchev–Trinajstić information content (AvgIpc) is 3.31. The number of rotatable bonds is 9. The molecule has 3 aromatic carbocycles. The molecule has 0 bridgehead atoms. The van der Waals surface area contributed by atoms with E-state index >= 15 is 0 Å². The van der Waals surface area contributed by atoms with Crippen LogP contribution in [0.1, 0.15) is 5.56 Å². The highest BCUT2D eigenvalue weighted by Gasteiger charge is 2.17. The first-order valence-electron chi connectivity index (χ1n) is 10.4. The monoisotopic (exact) mass is 473 g/mol. The highest BCUT2D eigenvalue weighted by atomic mass is 32.2. The van der Waals surface area contributed by atoms with Crippen molar-refractivity contribution in [1.82, 2.24) is 25.6 Å². The summed E-state index contributed by atoms with van der Waals surface area (Å²) < 4.78 is 7.16. The molecule has 8 nitrogen and oxygen atoms in total. The molecular formula is C25H23N5O3S. The van der Waals surface area contributed by atoms with E-state index in [1.54, 1.807) is 31.4 Å². The van der Waals surface area contributed by atoms with Crippen molar-refractivity contribution in [2.45, 2.75) is 5.16 Å². The van der Waals surface area contributed by atoms with Crippen LogP contribution in [-0.4, -0.2) is 38.6 Å². The van der Waals surface area contributed by atoms with E-state index in [2.05, 4.69) is 27.6 Å². The maximum Gasteiger partial charge on any atom is 0.248 e. The minimum Gasteiger partial charge on any atom is -0.507 e. The van der Waals surface area contributed by atoms with Gasteiger partial charge in [-0.15, -0.1) is 10.2 Å². The SMILES string of the molecule is C=C(NNC(=O)CSc1nnc(-c2ccc(OC)cc2)n1-c1ccccc1)c1ccccc1O. The Hall–Kier alpha value is -4.24. The molecule has 172 valence electrons. The summed E-state index contributed by atoms with van der Waals surface area (Å²) in [4.78, 5) is 12.5. The number of amides is 1. The van der Waals surface area contributed by atoms with Crippen molar-refractivity contribution >= 4 is 23.4 Å². The number of carbonyl (C=O) groups is 1. The molecule has 0 atom stereocenters. The second-order valence-electron chi connectivity index (χ2n) is 7.16. The number of hydrazine groups is 1. The number of nitrogens with zero attached hydrogens (tertiary/aromatic N) is 3. The van der Waals surface area contributed by atoms with E-state index in [1.165, 1.54) is 11.8 Å². The predicted molar refractivity (Wildman–Crippen MR) is 132 cm³/mol. The summed E-state index contributed by atoms with van der Waals surface area (Å²) in [7, 11) is 1.62. The maximum atomic E-state index is 12.5. The van der Waals surface area contributed by atoms with Crippen LogP contribution in [0.5, 0.6) is 11.5 Å². The number of hydrogen-bond donors (Lipinski definition) is 3. The number of hydrogen-bond acceptors (Lipinski definition) is 7. The van der Waals surface area contributed by atoms with Crippen LogP contribution in [0.4, 0.5) is 0 Å². The molecule has 0 spiro atoms. The molecule has 0 radical (unpaired) electrons. The van der Waals surface area contributed by atoms with Crippen LogP contribution >= 0.6 is 11.8 Å². The van der Waals surface area contributed by atoms with Gasteiger partial charge in [-0.25, -0.2) is 0 Å². The zero-order valence-corrected chi connectivity index (χ0v) is 19.2. The number of ether oxygens (including phenoxy) is 1. The summed E-state index contributed by atoms with van der Waals surface area (Å²) in [5.41, 5.74) is 7.97. The summed E-state index contributed by atoms with van der Waals surface area (Å²) in [5.74, 6) is 1.29. The molecule has 9 heteroatoms. The maximum absolute atomic E-state index is 12.5. The zero-order valence-electron chi connectivity index (χ0n) is 18.4. The number of phenols is 1. The number of phenolic OH excluding ortho intramolecular Hbond substituents is 1. The average molecular weight is 474 g/mol. The second-order valence-corrected chi connectivity index (χ2v) is 8.11. The lowest BCUT2D eigenvalue weighted by Crippen LogP contribution is -2.37. The number of aromatic hydroxyl groups is 1. The molecule has 3 N–H and O–H groups in total. The quantitative estimate of drug-likeness (QED) is 0.249. The fraction of sp³-hybridized carbons (Fsp3) is 0.0800. The molecule has 0 aliphatic rings. The molecule has 0 unspecified atom stereocenters. The van der Waals surface area contributed by atoms with Crippen molar-refractivity contribution in [3.05, 3.63) is 91.0 Å². The smallest absolute Gasteiger partial charge is 0.248 e. The van der Waals surface area contributed by atoms with Gasteiger partial charge < -0.3 is 9.84 Å². The Morgan fingerprint density at radius 2 is 1.71 bits per heavy atom. The minimum absolute atomic E-state index is 0.0747. The van der Waals surface area contributed by atoms with E-state index in [1.807, 2.05) is 59.2 Å². The number of aromatic nitrogens is 3. The molecule has 0 saturated carbocycles. The Bertz CT molecular complexity index is 1290. The molecule has 0 fully saturated rings. The summed E-state index contributed by atoms with van der Waals surface area (Å²) in [6.07, 6.45) is 0. The fourth-order valence-corrected chi connectivity index (χ4v) is 3.96. The van der Waals surface area contributed by atoms with Gasteiger partial charge in [0.25, 0.3) is 0 Å². The van der Waals surface area contributed by atoms with E-state index in [9.17, 15) is 9.90 Å². The summed E-state index contributed by atoms with van der Waals surface area (Å²) in [5, 5.41) is 19.2. The molecule has 0 saturated heterocycles. The van der Waals surface area contributed by atoms with E-state index < -0.39 is 0 Å². The standard InChI is InChI=1S/C25H23N5O3S/c1-17(21-10-6-7-11-22(21)31)26-27-23(32)16-34-25-29-28-24(18-12-14-20(33-2)15-13-18)30(25)19-8-4-3-5-9-19/h3-15,26,31H,1,16H2,2H3,(H,27,32). The van der Waals surface area contributed by atoms with Crippen molar-refractivity contribution < 1.29 is 14.6 Å². The van der Waals surface area contributed by atoms with Gasteiger partial charge in [0.15, 0.2) is 11.0 Å². The highest BCUT2D eigenvalue weighted by Crippen LogP contribution is 2.29. The second kappa shape index (κ2) is 10.6. The van der Waals surface area contributed by atoms with Gasteiger partial charge in [-0.2, -0.15) is 0 Å². The minimum atomic E-state index is -0.282. The molecule has 0 aliphatic carbocycles. The molecule has 1 aromatic heterocycles. The summed E-state index contributed by atoms with van der Waals surface area (Å²) in [6, 6.07) is 24.0. The number of para-hydroxylation sites is 2. The van der Waals surface area contributed by atoms with Crippen molar-refractivity contribution in [3.8, 4) is 28.6 Å². The number of methoxy groups -OCH3 is 1. The third kappa shape index (κ3) is 5.21. The molecule has 4 aromatic rings. The number of nitrogens with one attached hydrogen (secondary N) is 2. The van der Waals surface area contributed by atoms with Crippen LogP contribution in [0.15, 0.2) is 90.6 Å². The molecule has 1 amide bonds. The molecule has 4 rings (SSSR count). The third-order valence-corrected chi connectivity index (χ3v) is 5.84. The van der Waals surface area contributed by atoms with E-state index in [-0.39, 0.29) is 17.4 Å². The first-order valence-corrected chi connectivity index (χ1v) is 11.4. The van der Waals surface area contributed by atoms with Crippen LogP contribution in [0.3, 0.4) is 0 Å². The molecular weight excluding hydrogens is 450 g/mol. The topological polar surface area (TPSA) is 101 Å². The highest BCUT2D eigenvalue weighted by molar-refractivity contribution is 7.99. The molecule has 34 heavy (non-hydrogen) atoms. The van der Waals surface area contributed by atoms with Crippen LogP contribution in [0.25, 0.3) is 22.8 Å². The fourth-order valence-electron chi connectivity index (χ4n) is 3.21. The summed E-state index contributed by atoms with van der Waals surface area (Å²) >= 11 is 1.26. The molecule has 0 aliphatic heterocycles. The normalized spacial score (nSPS) is 10.5. The van der Waals surface area contributed by atoms with Gasteiger partial charge in [0.05, 0.1) is 18.6 Å². The van der Waals surface area contributed by atoms with Gasteiger partial charge >= 0.3 is 0 Å². The lowest BCUT2D eigenvalue weighted by Gasteiger charge is -2.13. The Morgan fingerprint density at radius 1 is 1.00 bits per heavy atom. The lowest BCUT2D eigenvalue weighted by atomic mass is 10.1. The van der Waals surface area contributed by atoms with Crippen LogP contribution in [0.2, 0.25) is 0 Å². The first-order chi connectivity index (χ1) is 16.6. The van der Waals surface area contributed by atoms with Gasteiger partial charge in [-0.05, 0) is 48.5 Å². The number of benzene rings is 3. The third-order valence-electron chi connectivity index (χ3n) is 4.91. The summed E-state index contributed by atoms with van der Waals surface area (Å²) in [6.45, 7) is 3.85. The Balaban J connectivity index is 1.48. The number of thioether (sulfide) groups is 1. The van der Waals surface area contributed by atoms with Crippen molar-refractivity contribution in [2.75, 3.05) is 12.9 Å². The Morgan fingerprint density at radius 3 is 2.41 bits per heavy atom. The van der Waals surface area contributed by atoms with Crippen LogP contribution in [-0.2, 0) is 4.79 Å². The van der Waals surface area contributed by atoms with Gasteiger partial charge in [0, 0.05) is 16.8 Å². The van der Waals surface area contributed by atoms with Crippen molar-refractivity contribution in [2.24, 2.45) is 0 Å². The Labute approximate surface area is 201 Å². The van der Waals surface area contributed by atoms with Gasteiger partial charge in [0.2, 0.25) is 5.91 Å². The largest absolute Gasteiger partial charge is 0.507 e. The zero-order chi connectivity index (χ0) is 23.9. The number of carbonyl (C=O) groups excluding carboxylic acids is 1. The van der Waals surface area contributed by atoms with E-state index in [0.717, 1.165) is 17.0 Å². The van der Waals surface area contributed by atoms with Crippen LogP contribution in [0, 0.1) is 0 Å². The van der Waals surface area contributed by atoms with E-state index in [0.29, 0.717) is 22.2 Å². The van der Waals surface area contributed by atoms with E-state index in [4.69, 9.17) is 4.74 Å². The van der Waals surface area contributed by atoms with Gasteiger partial charge in [0.1, 0.15) is 11.5 Å². The lowest BCUT2D eigenvalue weighted by molar-refractivity contribution is -0.119. The Kier molecular flexibility index (Phi) is 7.14. The van der Waals surface area contributed by atoms with Gasteiger partial charge in [-0.3, -0.25) is 20.2 Å². The van der Waals surface area contributed by atoms with Crippen LogP contribution < -0.4 is 15.6 Å².